The minimum Gasteiger partial charge on any atom is -0.258 e. The molecule has 3 rings (SSSR count). The molecule has 8 heteroatoms. The van der Waals surface area contributed by atoms with E-state index in [1.54, 1.807) is 24.3 Å². The Hall–Kier alpha value is -2.38. The molecule has 1 aromatic heterocycles. The number of aromatic nitrogens is 3. The third kappa shape index (κ3) is 3.74. The number of nitrogens with one attached hydrogen (secondary N) is 1. The molecule has 1 heterocycles. The summed E-state index contributed by atoms with van der Waals surface area (Å²) < 4.78 is 0. The number of thioether (sulfide) groups is 1. The molecular weight excluding hydrogens is 348 g/mol. The van der Waals surface area contributed by atoms with E-state index in [-0.39, 0.29) is 10.9 Å². The van der Waals surface area contributed by atoms with Gasteiger partial charge < -0.3 is 0 Å². The van der Waals surface area contributed by atoms with Gasteiger partial charge in [-0.05, 0) is 36.8 Å². The number of rotatable bonds is 5. The van der Waals surface area contributed by atoms with Crippen molar-refractivity contribution in [1.29, 1.82) is 0 Å². The molecule has 3 aromatic rings. The predicted molar refractivity (Wildman–Crippen MR) is 94.2 cm³/mol. The Morgan fingerprint density at radius 1 is 1.25 bits per heavy atom. The maximum Gasteiger partial charge on any atom is 0.269 e. The normalized spacial score (nSPS) is 12.1. The third-order valence-electron chi connectivity index (χ3n) is 3.42. The van der Waals surface area contributed by atoms with Crippen molar-refractivity contribution in [3.63, 3.8) is 0 Å². The number of aromatic amines is 1. The summed E-state index contributed by atoms with van der Waals surface area (Å²) in [5, 5.41) is 19.2. The number of nitro groups is 1. The Morgan fingerprint density at radius 2 is 2.00 bits per heavy atom. The largest absolute Gasteiger partial charge is 0.269 e. The molecule has 0 radical (unpaired) electrons. The van der Waals surface area contributed by atoms with E-state index >= 15 is 0 Å². The zero-order valence-electron chi connectivity index (χ0n) is 12.6. The van der Waals surface area contributed by atoms with Crippen LogP contribution in [-0.4, -0.2) is 20.1 Å². The van der Waals surface area contributed by atoms with Crippen LogP contribution in [0.25, 0.3) is 11.4 Å². The van der Waals surface area contributed by atoms with Crippen molar-refractivity contribution >= 4 is 29.1 Å². The monoisotopic (exact) mass is 360 g/mol. The predicted octanol–water partition coefficient (Wildman–Crippen LogP) is 4.89. The van der Waals surface area contributed by atoms with E-state index in [9.17, 15) is 10.1 Å². The highest BCUT2D eigenvalue weighted by Gasteiger charge is 2.15. The lowest BCUT2D eigenvalue weighted by Gasteiger charge is -2.08. The van der Waals surface area contributed by atoms with Crippen LogP contribution in [0, 0.1) is 10.1 Å². The zero-order chi connectivity index (χ0) is 17.1. The first-order valence-electron chi connectivity index (χ1n) is 7.12. The molecule has 0 amide bonds. The second kappa shape index (κ2) is 7.02. The lowest BCUT2D eigenvalue weighted by molar-refractivity contribution is -0.384. The van der Waals surface area contributed by atoms with Gasteiger partial charge in [-0.3, -0.25) is 15.2 Å². The van der Waals surface area contributed by atoms with Crippen LogP contribution in [0.15, 0.2) is 53.7 Å². The fourth-order valence-electron chi connectivity index (χ4n) is 2.15. The first-order chi connectivity index (χ1) is 11.5. The topological polar surface area (TPSA) is 84.7 Å². The van der Waals surface area contributed by atoms with Crippen LogP contribution in [0.5, 0.6) is 0 Å². The van der Waals surface area contributed by atoms with Gasteiger partial charge in [0.15, 0.2) is 5.82 Å². The Morgan fingerprint density at radius 3 is 2.71 bits per heavy atom. The molecule has 0 saturated heterocycles. The van der Waals surface area contributed by atoms with Crippen LogP contribution in [-0.2, 0) is 0 Å². The van der Waals surface area contributed by atoms with Gasteiger partial charge in [0.25, 0.3) is 5.69 Å². The number of halogens is 1. The summed E-state index contributed by atoms with van der Waals surface area (Å²) in [6, 6.07) is 13.9. The van der Waals surface area contributed by atoms with Crippen molar-refractivity contribution in [2.45, 2.75) is 17.3 Å². The Kier molecular flexibility index (Phi) is 4.82. The summed E-state index contributed by atoms with van der Waals surface area (Å²) in [5.74, 6) is 0.653. The minimum atomic E-state index is -0.397. The van der Waals surface area contributed by atoms with Crippen LogP contribution < -0.4 is 0 Å². The van der Waals surface area contributed by atoms with E-state index in [1.165, 1.54) is 17.8 Å². The second-order valence-electron chi connectivity index (χ2n) is 5.09. The molecule has 0 aliphatic rings. The molecular formula is C16H13ClN4O2S. The molecule has 2 aromatic carbocycles. The standard InChI is InChI=1S/C16H13ClN4O2S/c1-10(12-3-2-4-14(9-12)21(22)23)24-16-18-15(19-20-16)11-5-7-13(17)8-6-11/h2-10H,1H3,(H,18,19,20). The highest BCUT2D eigenvalue weighted by Crippen LogP contribution is 2.34. The lowest BCUT2D eigenvalue weighted by Crippen LogP contribution is -1.93. The Bertz CT molecular complexity index is 867. The molecule has 0 aliphatic heterocycles. The van der Waals surface area contributed by atoms with Crippen LogP contribution in [0.1, 0.15) is 17.7 Å². The number of benzene rings is 2. The quantitative estimate of drug-likeness (QED) is 0.398. The van der Waals surface area contributed by atoms with Gasteiger partial charge in [-0.15, -0.1) is 5.10 Å². The summed E-state index contributed by atoms with van der Waals surface area (Å²) in [4.78, 5) is 14.9. The van der Waals surface area contributed by atoms with Gasteiger partial charge in [0, 0.05) is 28.0 Å². The molecule has 122 valence electrons. The molecule has 0 aliphatic carbocycles. The van der Waals surface area contributed by atoms with Crippen molar-refractivity contribution in [2.75, 3.05) is 0 Å². The summed E-state index contributed by atoms with van der Waals surface area (Å²) in [6.45, 7) is 1.96. The van der Waals surface area contributed by atoms with Gasteiger partial charge in [0.2, 0.25) is 5.16 Å². The molecule has 0 saturated carbocycles. The minimum absolute atomic E-state index is 0.0150. The van der Waals surface area contributed by atoms with Gasteiger partial charge in [-0.25, -0.2) is 4.98 Å². The molecule has 0 bridgehead atoms. The van der Waals surface area contributed by atoms with Gasteiger partial charge in [-0.1, -0.05) is 35.5 Å². The maximum atomic E-state index is 10.9. The number of nitrogens with zero attached hydrogens (tertiary/aromatic N) is 3. The van der Waals surface area contributed by atoms with Gasteiger partial charge >= 0.3 is 0 Å². The summed E-state index contributed by atoms with van der Waals surface area (Å²) in [7, 11) is 0. The van der Waals surface area contributed by atoms with Crippen molar-refractivity contribution in [2.24, 2.45) is 0 Å². The lowest BCUT2D eigenvalue weighted by atomic mass is 10.1. The number of non-ortho nitro benzene ring substituents is 1. The van der Waals surface area contributed by atoms with E-state index < -0.39 is 4.92 Å². The summed E-state index contributed by atoms with van der Waals surface area (Å²) in [5.41, 5.74) is 1.82. The summed E-state index contributed by atoms with van der Waals surface area (Å²) >= 11 is 7.31. The first-order valence-corrected chi connectivity index (χ1v) is 8.38. The van der Waals surface area contributed by atoms with Crippen molar-refractivity contribution in [1.82, 2.24) is 15.2 Å². The average molecular weight is 361 g/mol. The fraction of sp³-hybridized carbons (Fsp3) is 0.125. The molecule has 1 atom stereocenters. The molecule has 1 N–H and O–H groups in total. The molecule has 1 unspecified atom stereocenters. The summed E-state index contributed by atoms with van der Waals surface area (Å²) in [6.07, 6.45) is 0. The fourth-order valence-corrected chi connectivity index (χ4v) is 3.12. The Labute approximate surface area is 147 Å². The Balaban J connectivity index is 1.75. The second-order valence-corrected chi connectivity index (χ2v) is 6.83. The van der Waals surface area contributed by atoms with Gasteiger partial charge in [0.05, 0.1) is 4.92 Å². The number of hydrogen-bond donors (Lipinski definition) is 1. The third-order valence-corrected chi connectivity index (χ3v) is 4.69. The van der Waals surface area contributed by atoms with Crippen LogP contribution in [0.4, 0.5) is 5.69 Å². The van der Waals surface area contributed by atoms with Gasteiger partial charge in [0.1, 0.15) is 0 Å². The molecule has 0 spiro atoms. The number of H-pyrrole nitrogens is 1. The molecule has 6 nitrogen and oxygen atoms in total. The van der Waals surface area contributed by atoms with E-state index in [2.05, 4.69) is 15.2 Å². The zero-order valence-corrected chi connectivity index (χ0v) is 14.2. The van der Waals surface area contributed by atoms with E-state index in [0.717, 1.165) is 11.1 Å². The average Bonchev–Trinajstić information content (AvgIpc) is 3.04. The molecule has 0 fully saturated rings. The van der Waals surface area contributed by atoms with Crippen LogP contribution in [0.2, 0.25) is 5.02 Å². The van der Waals surface area contributed by atoms with E-state index in [4.69, 9.17) is 11.6 Å². The van der Waals surface area contributed by atoms with Crippen molar-refractivity contribution < 1.29 is 4.92 Å². The van der Waals surface area contributed by atoms with Crippen LogP contribution >= 0.6 is 23.4 Å². The van der Waals surface area contributed by atoms with Crippen LogP contribution in [0.3, 0.4) is 0 Å². The van der Waals surface area contributed by atoms with Crippen molar-refractivity contribution in [3.8, 4) is 11.4 Å². The first kappa shape index (κ1) is 16.5. The highest BCUT2D eigenvalue weighted by atomic mass is 35.5. The number of nitro benzene ring substituents is 1. The van der Waals surface area contributed by atoms with Gasteiger partial charge in [-0.2, -0.15) is 0 Å². The van der Waals surface area contributed by atoms with Crippen molar-refractivity contribution in [3.05, 3.63) is 69.2 Å². The highest BCUT2D eigenvalue weighted by molar-refractivity contribution is 7.99. The molecule has 24 heavy (non-hydrogen) atoms. The smallest absolute Gasteiger partial charge is 0.258 e. The SMILES string of the molecule is CC(Sc1n[nH]c(-c2ccc(Cl)cc2)n1)c1cccc([N+](=O)[O-])c1. The van der Waals surface area contributed by atoms with E-state index in [1.807, 2.05) is 25.1 Å². The van der Waals surface area contributed by atoms with E-state index in [0.29, 0.717) is 16.0 Å². The number of hydrogen-bond acceptors (Lipinski definition) is 5. The maximum absolute atomic E-state index is 10.9.